The van der Waals surface area contributed by atoms with E-state index < -0.39 is 0 Å². The zero-order valence-electron chi connectivity index (χ0n) is 10.5. The third kappa shape index (κ3) is 2.67. The van der Waals surface area contributed by atoms with Gasteiger partial charge in [0.05, 0.1) is 5.92 Å². The summed E-state index contributed by atoms with van der Waals surface area (Å²) in [5.41, 5.74) is 2.52. The van der Waals surface area contributed by atoms with Gasteiger partial charge in [-0.3, -0.25) is 4.79 Å². The van der Waals surface area contributed by atoms with Crippen molar-refractivity contribution in [3.05, 3.63) is 35.4 Å². The van der Waals surface area contributed by atoms with E-state index in [-0.39, 0.29) is 11.8 Å². The molecule has 0 saturated carbocycles. The van der Waals surface area contributed by atoms with E-state index in [1.54, 1.807) is 0 Å². The molecule has 0 bridgehead atoms. The number of nitrogens with one attached hydrogen (secondary N) is 2. The topological polar surface area (TPSA) is 41.1 Å². The maximum atomic E-state index is 12.0. The predicted molar refractivity (Wildman–Crippen MR) is 69.0 cm³/mol. The van der Waals surface area contributed by atoms with Crippen LogP contribution < -0.4 is 10.6 Å². The molecule has 2 N–H and O–H groups in total. The summed E-state index contributed by atoms with van der Waals surface area (Å²) in [6.07, 6.45) is 0.891. The van der Waals surface area contributed by atoms with E-state index in [2.05, 4.69) is 29.7 Å². The Morgan fingerprint density at radius 3 is 2.88 bits per heavy atom. The Balaban J connectivity index is 1.83. The number of carbonyl (C=O) groups is 1. The van der Waals surface area contributed by atoms with Crippen LogP contribution in [0.1, 0.15) is 24.0 Å². The average Bonchev–Trinajstić information content (AvgIpc) is 2.28. The maximum absolute atomic E-state index is 12.0. The third-order valence-electron chi connectivity index (χ3n) is 3.35. The van der Waals surface area contributed by atoms with Crippen LogP contribution in [-0.4, -0.2) is 26.0 Å². The molecule has 3 nitrogen and oxygen atoms in total. The van der Waals surface area contributed by atoms with E-state index in [1.807, 2.05) is 19.2 Å². The quantitative estimate of drug-likeness (QED) is 0.803. The molecule has 0 saturated heterocycles. The highest BCUT2D eigenvalue weighted by molar-refractivity contribution is 5.86. The average molecular weight is 232 g/mol. The molecule has 92 valence electrons. The van der Waals surface area contributed by atoms with E-state index in [0.717, 1.165) is 19.5 Å². The van der Waals surface area contributed by atoms with Crippen LogP contribution in [-0.2, 0) is 11.2 Å². The first-order chi connectivity index (χ1) is 8.22. The predicted octanol–water partition coefficient (Wildman–Crippen LogP) is 1.30. The minimum absolute atomic E-state index is 0.0768. The normalized spacial score (nSPS) is 19.1. The van der Waals surface area contributed by atoms with Gasteiger partial charge in [0.1, 0.15) is 0 Å². The number of benzene rings is 1. The highest BCUT2D eigenvalue weighted by Gasteiger charge is 2.31. The first-order valence-electron chi connectivity index (χ1n) is 6.22. The number of fused-ring (bicyclic) bond motifs is 1. The second-order valence-electron chi connectivity index (χ2n) is 4.86. The Bertz CT molecular complexity index is 403. The molecule has 0 aliphatic heterocycles. The number of rotatable bonds is 5. The molecule has 1 aliphatic rings. The largest absolute Gasteiger partial charge is 0.355 e. The van der Waals surface area contributed by atoms with Crippen molar-refractivity contribution in [1.82, 2.24) is 10.6 Å². The second kappa shape index (κ2) is 5.32. The first-order valence-corrected chi connectivity index (χ1v) is 6.22. The minimum atomic E-state index is 0.0768. The summed E-state index contributed by atoms with van der Waals surface area (Å²) < 4.78 is 0. The molecule has 1 aliphatic carbocycles. The Kier molecular flexibility index (Phi) is 3.79. The zero-order chi connectivity index (χ0) is 12.3. The van der Waals surface area contributed by atoms with Gasteiger partial charge in [-0.05, 0) is 37.1 Å². The summed E-state index contributed by atoms with van der Waals surface area (Å²) in [7, 11) is 1.93. The van der Waals surface area contributed by atoms with E-state index in [9.17, 15) is 4.79 Å². The van der Waals surface area contributed by atoms with Crippen molar-refractivity contribution in [2.24, 2.45) is 5.92 Å². The fourth-order valence-corrected chi connectivity index (χ4v) is 2.31. The fourth-order valence-electron chi connectivity index (χ4n) is 2.31. The van der Waals surface area contributed by atoms with Gasteiger partial charge in [-0.25, -0.2) is 0 Å². The highest BCUT2D eigenvalue weighted by Crippen LogP contribution is 2.34. The first kappa shape index (κ1) is 12.1. The van der Waals surface area contributed by atoms with E-state index in [4.69, 9.17) is 0 Å². The van der Waals surface area contributed by atoms with Gasteiger partial charge in [-0.1, -0.05) is 31.2 Å². The van der Waals surface area contributed by atoms with Gasteiger partial charge in [0, 0.05) is 6.54 Å². The molecule has 1 aromatic carbocycles. The van der Waals surface area contributed by atoms with Crippen molar-refractivity contribution in [3.8, 4) is 0 Å². The Hall–Kier alpha value is -1.35. The van der Waals surface area contributed by atoms with Crippen LogP contribution in [0, 0.1) is 5.92 Å². The van der Waals surface area contributed by atoms with Crippen molar-refractivity contribution in [2.75, 3.05) is 20.1 Å². The summed E-state index contributed by atoms with van der Waals surface area (Å²) in [6.45, 7) is 3.81. The number of amides is 1. The summed E-state index contributed by atoms with van der Waals surface area (Å²) >= 11 is 0. The monoisotopic (exact) mass is 232 g/mol. The molecule has 3 heteroatoms. The molecular formula is C14H20N2O. The maximum Gasteiger partial charge on any atom is 0.227 e. The lowest BCUT2D eigenvalue weighted by Gasteiger charge is -2.29. The molecule has 2 unspecified atom stereocenters. The third-order valence-corrected chi connectivity index (χ3v) is 3.35. The van der Waals surface area contributed by atoms with Crippen molar-refractivity contribution in [3.63, 3.8) is 0 Å². The van der Waals surface area contributed by atoms with Crippen LogP contribution in [0.25, 0.3) is 0 Å². The second-order valence-corrected chi connectivity index (χ2v) is 4.86. The van der Waals surface area contributed by atoms with Crippen LogP contribution in [0.15, 0.2) is 24.3 Å². The SMILES string of the molecule is CNCC(C)CNC(=O)C1Cc2ccccc21. The molecule has 0 fully saturated rings. The zero-order valence-corrected chi connectivity index (χ0v) is 10.5. The molecule has 17 heavy (non-hydrogen) atoms. The van der Waals surface area contributed by atoms with E-state index in [0.29, 0.717) is 5.92 Å². The number of hydrogen-bond donors (Lipinski definition) is 2. The van der Waals surface area contributed by atoms with Gasteiger partial charge in [-0.2, -0.15) is 0 Å². The van der Waals surface area contributed by atoms with Crippen molar-refractivity contribution in [2.45, 2.75) is 19.3 Å². The molecule has 0 spiro atoms. The minimum Gasteiger partial charge on any atom is -0.355 e. The Labute approximate surface area is 103 Å². The van der Waals surface area contributed by atoms with Gasteiger partial charge in [-0.15, -0.1) is 0 Å². The van der Waals surface area contributed by atoms with Gasteiger partial charge in [0.25, 0.3) is 0 Å². The standard InChI is InChI=1S/C14H20N2O/c1-10(8-15-2)9-16-14(17)13-7-11-5-3-4-6-12(11)13/h3-6,10,13,15H,7-9H2,1-2H3,(H,16,17). The molecular weight excluding hydrogens is 212 g/mol. The molecule has 2 rings (SSSR count). The molecule has 1 aromatic rings. The molecule has 2 atom stereocenters. The van der Waals surface area contributed by atoms with E-state index >= 15 is 0 Å². The van der Waals surface area contributed by atoms with Crippen LogP contribution in [0.3, 0.4) is 0 Å². The molecule has 0 heterocycles. The lowest BCUT2D eigenvalue weighted by atomic mass is 9.77. The van der Waals surface area contributed by atoms with Crippen molar-refractivity contribution < 1.29 is 4.79 Å². The van der Waals surface area contributed by atoms with Crippen LogP contribution in [0.2, 0.25) is 0 Å². The Morgan fingerprint density at radius 2 is 2.18 bits per heavy atom. The molecule has 0 aromatic heterocycles. The molecule has 1 amide bonds. The van der Waals surface area contributed by atoms with Crippen molar-refractivity contribution in [1.29, 1.82) is 0 Å². The summed E-state index contributed by atoms with van der Waals surface area (Å²) in [6, 6.07) is 8.19. The van der Waals surface area contributed by atoms with Gasteiger partial charge in [0.15, 0.2) is 0 Å². The van der Waals surface area contributed by atoms with Crippen molar-refractivity contribution >= 4 is 5.91 Å². The summed E-state index contributed by atoms with van der Waals surface area (Å²) in [5.74, 6) is 0.721. The van der Waals surface area contributed by atoms with Gasteiger partial charge >= 0.3 is 0 Å². The van der Waals surface area contributed by atoms with Crippen LogP contribution in [0.4, 0.5) is 0 Å². The van der Waals surface area contributed by atoms with E-state index in [1.165, 1.54) is 11.1 Å². The smallest absolute Gasteiger partial charge is 0.227 e. The Morgan fingerprint density at radius 1 is 1.41 bits per heavy atom. The van der Waals surface area contributed by atoms with Crippen LogP contribution >= 0.6 is 0 Å². The van der Waals surface area contributed by atoms with Gasteiger partial charge < -0.3 is 10.6 Å². The highest BCUT2D eigenvalue weighted by atomic mass is 16.1. The summed E-state index contributed by atoms with van der Waals surface area (Å²) in [5, 5.41) is 6.14. The van der Waals surface area contributed by atoms with Gasteiger partial charge in [0.2, 0.25) is 5.91 Å². The summed E-state index contributed by atoms with van der Waals surface area (Å²) in [4.78, 5) is 12.0. The molecule has 0 radical (unpaired) electrons. The number of carbonyl (C=O) groups excluding carboxylic acids is 1. The fraction of sp³-hybridized carbons (Fsp3) is 0.500. The lowest BCUT2D eigenvalue weighted by Crippen LogP contribution is -2.38. The van der Waals surface area contributed by atoms with Crippen LogP contribution in [0.5, 0.6) is 0 Å². The lowest BCUT2D eigenvalue weighted by molar-refractivity contribution is -0.123. The number of hydrogen-bond acceptors (Lipinski definition) is 2.